The Morgan fingerprint density at radius 3 is 2.79 bits per heavy atom. The molecule has 1 aromatic rings. The van der Waals surface area contributed by atoms with Crippen molar-refractivity contribution in [3.8, 4) is 0 Å². The highest BCUT2D eigenvalue weighted by molar-refractivity contribution is 5.96. The van der Waals surface area contributed by atoms with Gasteiger partial charge in [0.1, 0.15) is 5.84 Å². The second kappa shape index (κ2) is 7.29. The van der Waals surface area contributed by atoms with Gasteiger partial charge in [-0.15, -0.1) is 0 Å². The van der Waals surface area contributed by atoms with Gasteiger partial charge in [0.2, 0.25) is 0 Å². The smallest absolute Gasteiger partial charge is 0.125 e. The van der Waals surface area contributed by atoms with E-state index in [-0.39, 0.29) is 0 Å². The lowest BCUT2D eigenvalue weighted by Crippen LogP contribution is -2.45. The van der Waals surface area contributed by atoms with E-state index in [1.807, 2.05) is 0 Å². The van der Waals surface area contributed by atoms with E-state index in [1.165, 1.54) is 24.8 Å². The van der Waals surface area contributed by atoms with Gasteiger partial charge >= 0.3 is 0 Å². The first-order valence-corrected chi connectivity index (χ1v) is 7.44. The van der Waals surface area contributed by atoms with E-state index in [9.17, 15) is 0 Å². The van der Waals surface area contributed by atoms with E-state index >= 15 is 0 Å². The topological polar surface area (TPSA) is 47.9 Å². The van der Waals surface area contributed by atoms with E-state index in [2.05, 4.69) is 41.8 Å². The molecule has 0 spiro atoms. The minimum Gasteiger partial charge on any atom is -0.366 e. The molecule has 19 heavy (non-hydrogen) atoms. The van der Waals surface area contributed by atoms with E-state index in [4.69, 9.17) is 5.41 Å². The summed E-state index contributed by atoms with van der Waals surface area (Å²) in [5.41, 5.74) is 2.36. The van der Waals surface area contributed by atoms with Crippen molar-refractivity contribution in [3.05, 3.63) is 35.4 Å². The Kier molecular flexibility index (Phi) is 5.40. The van der Waals surface area contributed by atoms with Crippen LogP contribution in [0.3, 0.4) is 0 Å². The van der Waals surface area contributed by atoms with Crippen LogP contribution < -0.4 is 10.6 Å². The number of hydrogen-bond donors (Lipinski definition) is 3. The molecule has 0 saturated carbocycles. The van der Waals surface area contributed by atoms with Crippen molar-refractivity contribution in [2.24, 2.45) is 0 Å². The van der Waals surface area contributed by atoms with Crippen LogP contribution in [-0.4, -0.2) is 25.0 Å². The molecule has 1 aliphatic rings. The van der Waals surface area contributed by atoms with Crippen molar-refractivity contribution in [2.45, 2.75) is 45.1 Å². The second-order valence-corrected chi connectivity index (χ2v) is 5.36. The molecular formula is C16H25N3. The third-order valence-corrected chi connectivity index (χ3v) is 3.71. The van der Waals surface area contributed by atoms with Gasteiger partial charge in [0.15, 0.2) is 0 Å². The molecule has 3 nitrogen and oxygen atoms in total. The molecule has 0 radical (unpaired) electrons. The zero-order chi connectivity index (χ0) is 13.5. The number of benzene rings is 1. The van der Waals surface area contributed by atoms with Gasteiger partial charge < -0.3 is 10.6 Å². The third kappa shape index (κ3) is 4.35. The highest BCUT2D eigenvalue weighted by Gasteiger charge is 2.14. The summed E-state index contributed by atoms with van der Waals surface area (Å²) in [6.07, 6.45) is 5.96. The minimum absolute atomic E-state index is 0.404. The van der Waals surface area contributed by atoms with Crippen molar-refractivity contribution in [3.63, 3.8) is 0 Å². The molecule has 0 unspecified atom stereocenters. The molecule has 0 bridgehead atoms. The summed E-state index contributed by atoms with van der Waals surface area (Å²) in [4.78, 5) is 0. The summed E-state index contributed by atoms with van der Waals surface area (Å²) in [5, 5.41) is 14.8. The summed E-state index contributed by atoms with van der Waals surface area (Å²) in [6.45, 7) is 4.29. The van der Waals surface area contributed by atoms with Crippen molar-refractivity contribution < 1.29 is 0 Å². The monoisotopic (exact) mass is 259 g/mol. The molecule has 1 fully saturated rings. The Balaban J connectivity index is 1.87. The van der Waals surface area contributed by atoms with Crippen LogP contribution in [0.1, 0.15) is 43.7 Å². The first-order valence-electron chi connectivity index (χ1n) is 7.44. The summed E-state index contributed by atoms with van der Waals surface area (Å²) >= 11 is 0. The Bertz CT molecular complexity index is 391. The van der Waals surface area contributed by atoms with Crippen molar-refractivity contribution in [1.82, 2.24) is 10.6 Å². The summed E-state index contributed by atoms with van der Waals surface area (Å²) in [7, 11) is 0. The Morgan fingerprint density at radius 2 is 2.16 bits per heavy atom. The molecule has 3 N–H and O–H groups in total. The molecule has 0 aromatic heterocycles. The van der Waals surface area contributed by atoms with E-state index in [1.54, 1.807) is 0 Å². The van der Waals surface area contributed by atoms with Crippen molar-refractivity contribution in [2.75, 3.05) is 13.1 Å². The van der Waals surface area contributed by atoms with E-state index in [0.29, 0.717) is 11.9 Å². The predicted octanol–water partition coefficient (Wildman–Crippen LogP) is 2.70. The van der Waals surface area contributed by atoms with Crippen LogP contribution in [0.15, 0.2) is 24.3 Å². The zero-order valence-electron chi connectivity index (χ0n) is 11.8. The zero-order valence-corrected chi connectivity index (χ0v) is 11.8. The Labute approximate surface area is 116 Å². The highest BCUT2D eigenvalue weighted by Crippen LogP contribution is 2.09. The lowest BCUT2D eigenvalue weighted by Gasteiger charge is -2.25. The maximum Gasteiger partial charge on any atom is 0.125 e. The van der Waals surface area contributed by atoms with Crippen molar-refractivity contribution in [1.29, 1.82) is 5.41 Å². The Hall–Kier alpha value is -1.35. The number of piperidine rings is 1. The van der Waals surface area contributed by atoms with E-state index < -0.39 is 0 Å². The van der Waals surface area contributed by atoms with Gasteiger partial charge in [0, 0.05) is 18.2 Å². The van der Waals surface area contributed by atoms with Crippen LogP contribution >= 0.6 is 0 Å². The Morgan fingerprint density at radius 1 is 1.37 bits per heavy atom. The number of hydrogen-bond acceptors (Lipinski definition) is 2. The van der Waals surface area contributed by atoms with Gasteiger partial charge in [0.05, 0.1) is 0 Å². The molecule has 1 aromatic carbocycles. The molecule has 1 heterocycles. The van der Waals surface area contributed by atoms with Crippen LogP contribution in [0, 0.1) is 5.41 Å². The highest BCUT2D eigenvalue weighted by atomic mass is 15.0. The third-order valence-electron chi connectivity index (χ3n) is 3.71. The maximum absolute atomic E-state index is 8.14. The standard InChI is InChI=1S/C16H25N3/c1-2-3-5-13-7-9-14(10-8-13)16(17)19-15-6-4-11-18-12-15/h7-10,15,18H,2-6,11-12H2,1H3,(H2,17,19)/t15-/m1/s1. The van der Waals surface area contributed by atoms with E-state index in [0.717, 1.165) is 31.5 Å². The fourth-order valence-electron chi connectivity index (χ4n) is 2.48. The number of unbranched alkanes of at least 4 members (excludes halogenated alkanes) is 1. The van der Waals surface area contributed by atoms with Gasteiger partial charge in [-0.1, -0.05) is 37.6 Å². The predicted molar refractivity (Wildman–Crippen MR) is 80.9 cm³/mol. The first-order chi connectivity index (χ1) is 9.29. The van der Waals surface area contributed by atoms with Crippen LogP contribution in [-0.2, 0) is 6.42 Å². The molecular weight excluding hydrogens is 234 g/mol. The summed E-state index contributed by atoms with van der Waals surface area (Å²) in [5.74, 6) is 0.552. The average molecular weight is 259 g/mol. The molecule has 1 atom stereocenters. The van der Waals surface area contributed by atoms with Crippen LogP contribution in [0.4, 0.5) is 0 Å². The molecule has 104 valence electrons. The largest absolute Gasteiger partial charge is 0.366 e. The molecule has 1 aliphatic heterocycles. The molecule has 1 saturated heterocycles. The SMILES string of the molecule is CCCCc1ccc(C(=N)N[C@@H]2CCCNC2)cc1. The van der Waals surface area contributed by atoms with Gasteiger partial charge in [-0.25, -0.2) is 0 Å². The lowest BCUT2D eigenvalue weighted by molar-refractivity contribution is 0.431. The lowest BCUT2D eigenvalue weighted by atomic mass is 10.0. The normalized spacial score (nSPS) is 19.1. The number of nitrogens with one attached hydrogen (secondary N) is 3. The first kappa shape index (κ1) is 14.1. The van der Waals surface area contributed by atoms with Gasteiger partial charge in [-0.3, -0.25) is 5.41 Å². The summed E-state index contributed by atoms with van der Waals surface area (Å²) < 4.78 is 0. The molecule has 3 heteroatoms. The summed E-state index contributed by atoms with van der Waals surface area (Å²) in [6, 6.07) is 8.84. The fraction of sp³-hybridized carbons (Fsp3) is 0.562. The fourth-order valence-corrected chi connectivity index (χ4v) is 2.48. The van der Waals surface area contributed by atoms with Gasteiger partial charge in [-0.2, -0.15) is 0 Å². The maximum atomic E-state index is 8.14. The van der Waals surface area contributed by atoms with Gasteiger partial charge in [-0.05, 0) is 37.8 Å². The molecule has 0 amide bonds. The molecule has 2 rings (SSSR count). The van der Waals surface area contributed by atoms with Crippen LogP contribution in [0.5, 0.6) is 0 Å². The second-order valence-electron chi connectivity index (χ2n) is 5.36. The quantitative estimate of drug-likeness (QED) is 0.562. The average Bonchev–Trinajstić information content (AvgIpc) is 2.46. The number of rotatable bonds is 5. The van der Waals surface area contributed by atoms with Gasteiger partial charge in [0.25, 0.3) is 0 Å². The van der Waals surface area contributed by atoms with Crippen LogP contribution in [0.2, 0.25) is 0 Å². The number of aryl methyl sites for hydroxylation is 1. The number of amidine groups is 1. The molecule has 0 aliphatic carbocycles. The van der Waals surface area contributed by atoms with Crippen molar-refractivity contribution >= 4 is 5.84 Å². The minimum atomic E-state index is 0.404. The van der Waals surface area contributed by atoms with Crippen LogP contribution in [0.25, 0.3) is 0 Å².